The summed E-state index contributed by atoms with van der Waals surface area (Å²) in [5, 5.41) is 6.23. The topological polar surface area (TPSA) is 164 Å². The van der Waals surface area contributed by atoms with E-state index in [0.717, 1.165) is 23.8 Å². The number of rotatable bonds is 8. The van der Waals surface area contributed by atoms with Gasteiger partial charge in [-0.1, -0.05) is 65.9 Å². The number of methoxy groups -OCH3 is 2. The lowest BCUT2D eigenvalue weighted by atomic mass is 9.95. The van der Waals surface area contributed by atoms with Crippen LogP contribution in [0.3, 0.4) is 0 Å². The third-order valence-corrected chi connectivity index (χ3v) is 10.2. The fourth-order valence-corrected chi connectivity index (χ4v) is 7.63. The molecule has 2 saturated heterocycles. The highest BCUT2D eigenvalue weighted by atomic mass is 32.2. The van der Waals surface area contributed by atoms with Gasteiger partial charge in [-0.2, -0.15) is 0 Å². The smallest absolute Gasteiger partial charge is 0.361 e. The van der Waals surface area contributed by atoms with Crippen LogP contribution in [0, 0.1) is 0 Å². The van der Waals surface area contributed by atoms with E-state index in [2.05, 4.69) is 15.0 Å². The molecule has 13 nitrogen and oxygen atoms in total. The molecule has 0 N–H and O–H groups in total. The van der Waals surface area contributed by atoms with Gasteiger partial charge in [0, 0.05) is 0 Å². The van der Waals surface area contributed by atoms with Gasteiger partial charge in [-0.25, -0.2) is 27.5 Å². The van der Waals surface area contributed by atoms with Gasteiger partial charge >= 0.3 is 17.9 Å². The first-order valence-corrected chi connectivity index (χ1v) is 14.0. The Morgan fingerprint density at radius 2 is 1.54 bits per heavy atom. The van der Waals surface area contributed by atoms with Gasteiger partial charge in [-0.05, 0) is 18.1 Å². The number of amides is 1. The van der Waals surface area contributed by atoms with Crippen molar-refractivity contribution in [1.82, 2.24) is 19.9 Å². The second kappa shape index (κ2) is 10.4. The first-order valence-electron chi connectivity index (χ1n) is 12.5. The summed E-state index contributed by atoms with van der Waals surface area (Å²) in [5.41, 5.74) is 0.307. The first-order chi connectivity index (χ1) is 19.5. The van der Waals surface area contributed by atoms with E-state index in [1.807, 2.05) is 0 Å². The number of sulfone groups is 1. The lowest BCUT2D eigenvalue weighted by molar-refractivity contribution is -0.164. The second-order valence-electron chi connectivity index (χ2n) is 9.79. The van der Waals surface area contributed by atoms with Crippen molar-refractivity contribution in [3.05, 3.63) is 83.2 Å². The third-order valence-electron chi connectivity index (χ3n) is 7.43. The highest BCUT2D eigenvalue weighted by Crippen LogP contribution is 2.48. The number of aromatic nitrogens is 3. The lowest BCUT2D eigenvalue weighted by Crippen LogP contribution is -2.58. The molecular formula is C27H26N4O9S. The highest BCUT2D eigenvalue weighted by molar-refractivity contribution is 7.93. The van der Waals surface area contributed by atoms with E-state index in [0.29, 0.717) is 11.1 Å². The number of hydrogen-bond donors (Lipinski definition) is 0. The van der Waals surface area contributed by atoms with E-state index in [4.69, 9.17) is 9.47 Å². The zero-order chi connectivity index (χ0) is 29.5. The molecule has 1 amide bonds. The number of fused-ring (bicyclic) bond motifs is 1. The number of benzene rings is 2. The zero-order valence-electron chi connectivity index (χ0n) is 22.3. The summed E-state index contributed by atoms with van der Waals surface area (Å²) < 4.78 is 41.9. The standard InChI is InChI=1S/C27H26N4O9S/c1-27(15-30-21(25(34)39-3)20(28-29-30)24(33)38-2)23(31-18(32)14-19(31)41(27,36)37)26(35)40-22(16-10-6-4-7-11-16)17-12-8-5-9-13-17/h4-13,19,22-23H,14-15H2,1-3H3/t19-,23+,27+/m1/s1. The van der Waals surface area contributed by atoms with Crippen LogP contribution in [0.2, 0.25) is 0 Å². The molecule has 41 heavy (non-hydrogen) atoms. The van der Waals surface area contributed by atoms with Crippen LogP contribution in [0.15, 0.2) is 60.7 Å². The molecule has 2 aromatic carbocycles. The van der Waals surface area contributed by atoms with E-state index in [-0.39, 0.29) is 6.42 Å². The predicted octanol–water partition coefficient (Wildman–Crippen LogP) is 1.30. The van der Waals surface area contributed by atoms with Gasteiger partial charge in [0.1, 0.15) is 10.1 Å². The summed E-state index contributed by atoms with van der Waals surface area (Å²) in [6.07, 6.45) is -1.22. The van der Waals surface area contributed by atoms with Crippen LogP contribution in [0.1, 0.15) is 51.6 Å². The summed E-state index contributed by atoms with van der Waals surface area (Å²) in [6.45, 7) is 0.658. The minimum absolute atomic E-state index is 0.308. The highest BCUT2D eigenvalue weighted by Gasteiger charge is 2.70. The van der Waals surface area contributed by atoms with Crippen molar-refractivity contribution in [2.45, 2.75) is 42.2 Å². The van der Waals surface area contributed by atoms with Crippen LogP contribution in [0.5, 0.6) is 0 Å². The molecule has 0 aliphatic carbocycles. The van der Waals surface area contributed by atoms with Crippen molar-refractivity contribution in [2.75, 3.05) is 14.2 Å². The molecule has 214 valence electrons. The molecule has 0 spiro atoms. The van der Waals surface area contributed by atoms with E-state index >= 15 is 0 Å². The van der Waals surface area contributed by atoms with Gasteiger partial charge in [0.25, 0.3) is 0 Å². The zero-order valence-corrected chi connectivity index (χ0v) is 23.1. The van der Waals surface area contributed by atoms with Crippen LogP contribution in [-0.2, 0) is 40.2 Å². The SMILES string of the molecule is COC(=O)c1nnn(C[C@@]2(C)[C@H](C(=O)OC(c3ccccc3)c3ccccc3)N3C(=O)C[C@H]3S2(=O)=O)c1C(=O)OC. The minimum atomic E-state index is -4.24. The maximum Gasteiger partial charge on any atom is 0.361 e. The normalized spacial score (nSPS) is 22.5. The molecule has 2 fully saturated rings. The third kappa shape index (κ3) is 4.43. The molecule has 0 saturated carbocycles. The summed E-state index contributed by atoms with van der Waals surface area (Å²) in [6, 6.07) is 16.2. The number of carbonyl (C=O) groups excluding carboxylic acids is 4. The van der Waals surface area contributed by atoms with Crippen molar-refractivity contribution >= 4 is 33.7 Å². The van der Waals surface area contributed by atoms with Crippen LogP contribution < -0.4 is 0 Å². The molecule has 3 aromatic rings. The molecule has 2 aliphatic heterocycles. The Balaban J connectivity index is 1.58. The Morgan fingerprint density at radius 3 is 2.05 bits per heavy atom. The molecule has 0 radical (unpaired) electrons. The molecule has 5 rings (SSSR count). The van der Waals surface area contributed by atoms with E-state index in [9.17, 15) is 27.6 Å². The Hall–Kier alpha value is -4.59. The fraction of sp³-hybridized carbons (Fsp3) is 0.333. The molecule has 14 heteroatoms. The van der Waals surface area contributed by atoms with Crippen molar-refractivity contribution in [3.63, 3.8) is 0 Å². The molecular weight excluding hydrogens is 556 g/mol. The Morgan fingerprint density at radius 1 is 0.976 bits per heavy atom. The van der Waals surface area contributed by atoms with Gasteiger partial charge in [0.15, 0.2) is 27.7 Å². The van der Waals surface area contributed by atoms with E-state index in [1.54, 1.807) is 60.7 Å². The second-order valence-corrected chi connectivity index (χ2v) is 12.4. The van der Waals surface area contributed by atoms with Crippen molar-refractivity contribution in [1.29, 1.82) is 0 Å². The van der Waals surface area contributed by atoms with Crippen molar-refractivity contribution in [3.8, 4) is 0 Å². The monoisotopic (exact) mass is 582 g/mol. The lowest BCUT2D eigenvalue weighted by Gasteiger charge is -2.37. The van der Waals surface area contributed by atoms with E-state index < -0.39 is 73.9 Å². The number of ether oxygens (including phenoxy) is 3. The van der Waals surface area contributed by atoms with Gasteiger partial charge in [-0.3, -0.25) is 4.79 Å². The quantitative estimate of drug-likeness (QED) is 0.214. The maximum absolute atomic E-state index is 14.0. The summed E-state index contributed by atoms with van der Waals surface area (Å²) in [4.78, 5) is 52.5. The minimum Gasteiger partial charge on any atom is -0.464 e. The molecule has 3 heterocycles. The van der Waals surface area contributed by atoms with Crippen LogP contribution in [-0.4, -0.2) is 82.5 Å². The molecule has 0 bridgehead atoms. The predicted molar refractivity (Wildman–Crippen MR) is 140 cm³/mol. The molecule has 3 atom stereocenters. The average Bonchev–Trinajstić information content (AvgIpc) is 3.45. The summed E-state index contributed by atoms with van der Waals surface area (Å²) >= 11 is 0. The number of hydrogen-bond acceptors (Lipinski definition) is 11. The molecule has 2 aliphatic rings. The fourth-order valence-electron chi connectivity index (χ4n) is 5.29. The Kier molecular flexibility index (Phi) is 7.11. The molecule has 0 unspecified atom stereocenters. The van der Waals surface area contributed by atoms with Gasteiger partial charge < -0.3 is 19.1 Å². The largest absolute Gasteiger partial charge is 0.464 e. The first kappa shape index (κ1) is 28.0. The average molecular weight is 583 g/mol. The summed E-state index contributed by atoms with van der Waals surface area (Å²) in [5.74, 6) is -3.53. The van der Waals surface area contributed by atoms with Crippen LogP contribution in [0.25, 0.3) is 0 Å². The van der Waals surface area contributed by atoms with Crippen LogP contribution in [0.4, 0.5) is 0 Å². The Bertz CT molecular complexity index is 1590. The van der Waals surface area contributed by atoms with Crippen molar-refractivity contribution < 1.29 is 41.8 Å². The maximum atomic E-state index is 14.0. The Labute approximate surface area is 234 Å². The molecule has 1 aromatic heterocycles. The van der Waals surface area contributed by atoms with Crippen LogP contribution >= 0.6 is 0 Å². The number of esters is 3. The van der Waals surface area contributed by atoms with Gasteiger partial charge in [0.05, 0.1) is 27.2 Å². The van der Waals surface area contributed by atoms with Gasteiger partial charge in [0.2, 0.25) is 11.6 Å². The van der Waals surface area contributed by atoms with E-state index in [1.165, 1.54) is 6.92 Å². The number of nitrogens with zero attached hydrogens (tertiary/aromatic N) is 4. The number of carbonyl (C=O) groups is 4. The number of β-lactam (4-membered cyclic amide) rings is 1. The van der Waals surface area contributed by atoms with Gasteiger partial charge in [-0.15, -0.1) is 5.10 Å². The summed E-state index contributed by atoms with van der Waals surface area (Å²) in [7, 11) is -2.10. The van der Waals surface area contributed by atoms with Crippen molar-refractivity contribution in [2.24, 2.45) is 0 Å².